The molecule has 0 spiro atoms. The average Bonchev–Trinajstić information content (AvgIpc) is 2.80. The van der Waals surface area contributed by atoms with Gasteiger partial charge in [0.15, 0.2) is 5.43 Å². The van der Waals surface area contributed by atoms with Gasteiger partial charge in [0.05, 0.1) is 16.7 Å². The number of pyridine rings is 1. The monoisotopic (exact) mass is 291 g/mol. The smallest absolute Gasteiger partial charge is 0.257 e. The zero-order valence-corrected chi connectivity index (χ0v) is 12.7. The number of amides is 1. The van der Waals surface area contributed by atoms with Crippen LogP contribution in [0.25, 0.3) is 0 Å². The van der Waals surface area contributed by atoms with Crippen molar-refractivity contribution >= 4 is 17.2 Å². The van der Waals surface area contributed by atoms with Crippen molar-refractivity contribution in [1.82, 2.24) is 14.9 Å². The first-order valence-electron chi connectivity index (χ1n) is 6.28. The van der Waals surface area contributed by atoms with Crippen LogP contribution < -0.4 is 10.7 Å². The van der Waals surface area contributed by atoms with E-state index in [0.29, 0.717) is 0 Å². The number of rotatable bonds is 3. The van der Waals surface area contributed by atoms with Gasteiger partial charge in [-0.3, -0.25) is 9.59 Å². The van der Waals surface area contributed by atoms with Crippen LogP contribution in [0.1, 0.15) is 39.7 Å². The molecule has 0 bridgehead atoms. The summed E-state index contributed by atoms with van der Waals surface area (Å²) in [5, 5.41) is 5.67. The van der Waals surface area contributed by atoms with Crippen molar-refractivity contribution in [1.29, 1.82) is 0 Å². The number of nitrogens with one attached hydrogen (secondary N) is 1. The minimum Gasteiger partial charge on any atom is -0.354 e. The molecule has 2 aromatic rings. The Hall–Kier alpha value is -1.95. The van der Waals surface area contributed by atoms with Crippen molar-refractivity contribution in [2.75, 3.05) is 0 Å². The fraction of sp³-hybridized carbons (Fsp3) is 0.357. The highest BCUT2D eigenvalue weighted by molar-refractivity contribution is 7.09. The molecule has 0 unspecified atom stereocenters. The van der Waals surface area contributed by atoms with Gasteiger partial charge in [-0.1, -0.05) is 0 Å². The number of thiazole rings is 1. The third-order valence-corrected chi connectivity index (χ3v) is 3.95. The van der Waals surface area contributed by atoms with Crippen LogP contribution in [-0.2, 0) is 7.05 Å². The van der Waals surface area contributed by atoms with E-state index in [-0.39, 0.29) is 22.9 Å². The molecule has 2 heterocycles. The fourth-order valence-corrected chi connectivity index (χ4v) is 2.53. The molecular formula is C14H17N3O2S. The van der Waals surface area contributed by atoms with Gasteiger partial charge in [0, 0.05) is 30.4 Å². The van der Waals surface area contributed by atoms with E-state index < -0.39 is 0 Å². The Bertz CT molecular complexity index is 703. The molecule has 1 N–H and O–H groups in total. The molecule has 0 saturated heterocycles. The lowest BCUT2D eigenvalue weighted by Crippen LogP contribution is -2.31. The van der Waals surface area contributed by atoms with E-state index in [9.17, 15) is 9.59 Å². The Morgan fingerprint density at radius 1 is 1.45 bits per heavy atom. The zero-order valence-electron chi connectivity index (χ0n) is 11.9. The summed E-state index contributed by atoms with van der Waals surface area (Å²) in [4.78, 5) is 28.4. The van der Waals surface area contributed by atoms with Crippen LogP contribution >= 0.6 is 11.3 Å². The van der Waals surface area contributed by atoms with Gasteiger partial charge < -0.3 is 9.88 Å². The number of aryl methyl sites for hydroxylation is 3. The van der Waals surface area contributed by atoms with Crippen molar-refractivity contribution in [2.24, 2.45) is 7.05 Å². The molecule has 2 rings (SSSR count). The number of hydrogen-bond donors (Lipinski definition) is 1. The highest BCUT2D eigenvalue weighted by atomic mass is 32.1. The van der Waals surface area contributed by atoms with E-state index in [1.165, 1.54) is 17.4 Å². The van der Waals surface area contributed by atoms with Crippen molar-refractivity contribution < 1.29 is 4.79 Å². The summed E-state index contributed by atoms with van der Waals surface area (Å²) in [6.45, 7) is 5.59. The number of carbonyl (C=O) groups is 1. The lowest BCUT2D eigenvalue weighted by Gasteiger charge is -2.12. The molecule has 0 fully saturated rings. The van der Waals surface area contributed by atoms with Crippen LogP contribution in [0, 0.1) is 13.8 Å². The molecule has 5 nitrogen and oxygen atoms in total. The quantitative estimate of drug-likeness (QED) is 0.940. The highest BCUT2D eigenvalue weighted by Gasteiger charge is 2.16. The van der Waals surface area contributed by atoms with Gasteiger partial charge in [-0.05, 0) is 20.8 Å². The summed E-state index contributed by atoms with van der Waals surface area (Å²) in [5.74, 6) is -0.372. The van der Waals surface area contributed by atoms with E-state index in [1.54, 1.807) is 17.8 Å². The molecule has 2 aromatic heterocycles. The second-order valence-corrected chi connectivity index (χ2v) is 5.85. The molecule has 0 aliphatic carbocycles. The third-order valence-electron chi connectivity index (χ3n) is 3.16. The highest BCUT2D eigenvalue weighted by Crippen LogP contribution is 2.15. The zero-order chi connectivity index (χ0) is 14.9. The van der Waals surface area contributed by atoms with E-state index in [2.05, 4.69) is 10.3 Å². The molecule has 20 heavy (non-hydrogen) atoms. The average molecular weight is 291 g/mol. The summed E-state index contributed by atoms with van der Waals surface area (Å²) < 4.78 is 1.76. The van der Waals surface area contributed by atoms with Crippen molar-refractivity contribution in [2.45, 2.75) is 26.8 Å². The Kier molecular flexibility index (Phi) is 4.04. The number of nitrogens with zero attached hydrogens (tertiary/aromatic N) is 2. The first kappa shape index (κ1) is 14.5. The summed E-state index contributed by atoms with van der Waals surface area (Å²) >= 11 is 1.53. The summed E-state index contributed by atoms with van der Waals surface area (Å²) in [7, 11) is 1.80. The maximum atomic E-state index is 12.2. The van der Waals surface area contributed by atoms with Gasteiger partial charge in [-0.2, -0.15) is 0 Å². The predicted molar refractivity (Wildman–Crippen MR) is 79.2 cm³/mol. The molecular weight excluding hydrogens is 274 g/mol. The summed E-state index contributed by atoms with van der Waals surface area (Å²) in [5.41, 5.74) is 1.51. The lowest BCUT2D eigenvalue weighted by atomic mass is 10.2. The molecule has 0 aliphatic rings. The summed E-state index contributed by atoms with van der Waals surface area (Å²) in [6.07, 6.45) is 1.56. The molecule has 1 amide bonds. The number of aromatic nitrogens is 2. The van der Waals surface area contributed by atoms with Gasteiger partial charge >= 0.3 is 0 Å². The van der Waals surface area contributed by atoms with Crippen LogP contribution in [0.5, 0.6) is 0 Å². The van der Waals surface area contributed by atoms with E-state index in [4.69, 9.17) is 0 Å². The van der Waals surface area contributed by atoms with Crippen LogP contribution in [-0.4, -0.2) is 15.5 Å². The fourth-order valence-electron chi connectivity index (χ4n) is 1.83. The Morgan fingerprint density at radius 2 is 2.15 bits per heavy atom. The molecule has 0 radical (unpaired) electrons. The SMILES string of the molecule is Cc1nc([C@@H](C)NC(=O)c2cn(C)c(C)cc2=O)cs1. The molecule has 1 atom stereocenters. The number of carbonyl (C=O) groups excluding carboxylic acids is 1. The van der Waals surface area contributed by atoms with Crippen LogP contribution in [0.15, 0.2) is 22.4 Å². The van der Waals surface area contributed by atoms with Gasteiger partial charge in [-0.25, -0.2) is 4.98 Å². The van der Waals surface area contributed by atoms with Crippen LogP contribution in [0.2, 0.25) is 0 Å². The van der Waals surface area contributed by atoms with Crippen LogP contribution in [0.4, 0.5) is 0 Å². The van der Waals surface area contributed by atoms with Crippen molar-refractivity contribution in [3.05, 3.63) is 49.8 Å². The van der Waals surface area contributed by atoms with Crippen molar-refractivity contribution in [3.8, 4) is 0 Å². The second-order valence-electron chi connectivity index (χ2n) is 4.79. The molecule has 0 saturated carbocycles. The van der Waals surface area contributed by atoms with E-state index in [1.807, 2.05) is 26.2 Å². The maximum Gasteiger partial charge on any atom is 0.257 e. The largest absolute Gasteiger partial charge is 0.354 e. The molecule has 106 valence electrons. The molecule has 6 heteroatoms. The van der Waals surface area contributed by atoms with Gasteiger partial charge in [0.2, 0.25) is 0 Å². The minimum atomic E-state index is -0.372. The van der Waals surface area contributed by atoms with Gasteiger partial charge in [0.1, 0.15) is 5.56 Å². The van der Waals surface area contributed by atoms with Gasteiger partial charge in [-0.15, -0.1) is 11.3 Å². The van der Waals surface area contributed by atoms with Crippen LogP contribution in [0.3, 0.4) is 0 Å². The Morgan fingerprint density at radius 3 is 2.75 bits per heavy atom. The minimum absolute atomic E-state index is 0.150. The van der Waals surface area contributed by atoms with Gasteiger partial charge in [0.25, 0.3) is 5.91 Å². The molecule has 0 aromatic carbocycles. The van der Waals surface area contributed by atoms with E-state index >= 15 is 0 Å². The topological polar surface area (TPSA) is 64.0 Å². The lowest BCUT2D eigenvalue weighted by molar-refractivity contribution is 0.0937. The standard InChI is InChI=1S/C14H17N3O2S/c1-8-5-13(18)11(6-17(8)4)14(19)15-9(2)12-7-20-10(3)16-12/h5-7,9H,1-4H3,(H,15,19)/t9-/m1/s1. The van der Waals surface area contributed by atoms with Crippen molar-refractivity contribution in [3.63, 3.8) is 0 Å². The maximum absolute atomic E-state index is 12.2. The Balaban J connectivity index is 2.20. The molecule has 0 aliphatic heterocycles. The van der Waals surface area contributed by atoms with E-state index in [0.717, 1.165) is 16.4 Å². The number of hydrogen-bond acceptors (Lipinski definition) is 4. The Labute approximate surface area is 121 Å². The first-order chi connectivity index (χ1) is 9.38. The predicted octanol–water partition coefficient (Wildman–Crippen LogP) is 1.95. The first-order valence-corrected chi connectivity index (χ1v) is 7.16. The summed E-state index contributed by atoms with van der Waals surface area (Å²) in [6, 6.07) is 1.24. The third kappa shape index (κ3) is 2.96. The second kappa shape index (κ2) is 5.58. The normalized spacial score (nSPS) is 12.2.